The van der Waals surface area contributed by atoms with Gasteiger partial charge in [-0.2, -0.15) is 0 Å². The Bertz CT molecular complexity index is 332. The van der Waals surface area contributed by atoms with Crippen molar-refractivity contribution in [1.82, 2.24) is 10.6 Å². The van der Waals surface area contributed by atoms with Gasteiger partial charge in [0.15, 0.2) is 5.78 Å². The Morgan fingerprint density at radius 3 is 2.00 bits per heavy atom. The van der Waals surface area contributed by atoms with Crippen LogP contribution in [0.4, 0.5) is 4.79 Å². The predicted molar refractivity (Wildman–Crippen MR) is 68.8 cm³/mol. The normalized spacial score (nSPS) is 13.0. The topological polar surface area (TPSA) is 101 Å². The Balaban J connectivity index is 4.67. The van der Waals surface area contributed by atoms with E-state index >= 15 is 0 Å². The molecule has 0 aromatic heterocycles. The van der Waals surface area contributed by atoms with Crippen LogP contribution in [0.3, 0.4) is 0 Å². The summed E-state index contributed by atoms with van der Waals surface area (Å²) in [6, 6.07) is -1.17. The van der Waals surface area contributed by atoms with Crippen LogP contribution in [0.5, 0.6) is 0 Å². The smallest absolute Gasteiger partial charge is 0.315 e. The van der Waals surface area contributed by atoms with E-state index in [0.29, 0.717) is 0 Å². The van der Waals surface area contributed by atoms with Crippen LogP contribution in [0.1, 0.15) is 34.6 Å². The lowest BCUT2D eigenvalue weighted by Crippen LogP contribution is -2.54. The fraction of sp³-hybridized carbons (Fsp3) is 0.750. The summed E-state index contributed by atoms with van der Waals surface area (Å²) in [5, 5.41) is 4.89. The Morgan fingerprint density at radius 2 is 1.67 bits per heavy atom. The maximum absolute atomic E-state index is 12.0. The molecule has 0 aromatic carbocycles. The average Bonchev–Trinajstić information content (AvgIpc) is 2.20. The minimum absolute atomic E-state index is 0.0447. The van der Waals surface area contributed by atoms with Crippen molar-refractivity contribution in [3.05, 3.63) is 0 Å². The third kappa shape index (κ3) is 5.65. The summed E-state index contributed by atoms with van der Waals surface area (Å²) in [6.45, 7) is 8.91. The lowest BCUT2D eigenvalue weighted by atomic mass is 9.81. The highest BCUT2D eigenvalue weighted by atomic mass is 16.2. The summed E-state index contributed by atoms with van der Waals surface area (Å²) >= 11 is 0. The summed E-state index contributed by atoms with van der Waals surface area (Å²) < 4.78 is 0. The summed E-state index contributed by atoms with van der Waals surface area (Å²) in [5.74, 6) is -0.852. The van der Waals surface area contributed by atoms with Crippen molar-refractivity contribution in [3.63, 3.8) is 0 Å². The molecule has 0 saturated carbocycles. The number of carbonyl (C=O) groups is 3. The summed E-state index contributed by atoms with van der Waals surface area (Å²) in [7, 11) is 0. The summed E-state index contributed by atoms with van der Waals surface area (Å²) in [5.41, 5.74) is 4.52. The lowest BCUT2D eigenvalue weighted by molar-refractivity contribution is -0.126. The third-order valence-electron chi connectivity index (χ3n) is 2.42. The summed E-state index contributed by atoms with van der Waals surface area (Å²) in [6.07, 6.45) is 0. The zero-order valence-corrected chi connectivity index (χ0v) is 11.7. The SMILES string of the molecule is CC(C)C(=O)C(NC(=O)NCC(N)=O)C(C)(C)C. The van der Waals surface area contributed by atoms with Crippen LogP contribution in [-0.2, 0) is 9.59 Å². The van der Waals surface area contributed by atoms with E-state index in [1.165, 1.54) is 0 Å². The van der Waals surface area contributed by atoms with E-state index in [0.717, 1.165) is 0 Å². The molecular formula is C12H23N3O3. The van der Waals surface area contributed by atoms with Crippen LogP contribution in [0.2, 0.25) is 0 Å². The van der Waals surface area contributed by atoms with Gasteiger partial charge in [-0.05, 0) is 5.41 Å². The molecule has 0 heterocycles. The number of primary amides is 1. The van der Waals surface area contributed by atoms with Crippen LogP contribution in [-0.4, -0.2) is 30.3 Å². The second-order valence-corrected chi connectivity index (χ2v) is 5.65. The van der Waals surface area contributed by atoms with E-state index in [-0.39, 0.29) is 18.2 Å². The third-order valence-corrected chi connectivity index (χ3v) is 2.42. The maximum Gasteiger partial charge on any atom is 0.315 e. The Morgan fingerprint density at radius 1 is 1.17 bits per heavy atom. The minimum atomic E-state index is -0.632. The molecule has 0 rings (SSSR count). The van der Waals surface area contributed by atoms with E-state index < -0.39 is 23.4 Å². The van der Waals surface area contributed by atoms with Crippen LogP contribution < -0.4 is 16.4 Å². The van der Waals surface area contributed by atoms with Crippen molar-refractivity contribution >= 4 is 17.7 Å². The number of hydrogen-bond donors (Lipinski definition) is 3. The zero-order valence-electron chi connectivity index (χ0n) is 11.7. The van der Waals surface area contributed by atoms with Crippen molar-refractivity contribution in [1.29, 1.82) is 0 Å². The van der Waals surface area contributed by atoms with E-state index in [2.05, 4.69) is 10.6 Å². The first kappa shape index (κ1) is 16.4. The predicted octanol–water partition coefficient (Wildman–Crippen LogP) is 0.411. The standard InChI is InChI=1S/C12H23N3O3/c1-7(2)9(17)10(12(3,4)5)15-11(18)14-6-8(13)16/h7,10H,6H2,1-5H3,(H2,13,16)(H2,14,15,18). The molecule has 6 nitrogen and oxygen atoms in total. The largest absolute Gasteiger partial charge is 0.368 e. The fourth-order valence-corrected chi connectivity index (χ4v) is 1.40. The van der Waals surface area contributed by atoms with Crippen LogP contribution in [0.15, 0.2) is 0 Å². The van der Waals surface area contributed by atoms with Gasteiger partial charge in [-0.1, -0.05) is 34.6 Å². The number of nitrogens with two attached hydrogens (primary N) is 1. The molecule has 0 radical (unpaired) electrons. The van der Waals surface area contributed by atoms with E-state index in [1.807, 2.05) is 20.8 Å². The lowest BCUT2D eigenvalue weighted by Gasteiger charge is -2.31. The Kier molecular flexibility index (Phi) is 5.81. The molecule has 0 bridgehead atoms. The van der Waals surface area contributed by atoms with E-state index in [1.54, 1.807) is 13.8 Å². The number of carbonyl (C=O) groups excluding carboxylic acids is 3. The quantitative estimate of drug-likeness (QED) is 0.664. The molecule has 1 atom stereocenters. The van der Waals surface area contributed by atoms with Gasteiger partial charge in [0.2, 0.25) is 5.91 Å². The maximum atomic E-state index is 12.0. The number of Topliss-reactive ketones (excluding diaryl/α,β-unsaturated/α-hetero) is 1. The molecule has 104 valence electrons. The molecule has 4 N–H and O–H groups in total. The molecule has 6 heteroatoms. The fourth-order valence-electron chi connectivity index (χ4n) is 1.40. The van der Waals surface area contributed by atoms with Crippen molar-refractivity contribution in [2.75, 3.05) is 6.54 Å². The molecule has 0 aliphatic rings. The second-order valence-electron chi connectivity index (χ2n) is 5.65. The molecule has 0 fully saturated rings. The van der Waals surface area contributed by atoms with Crippen molar-refractivity contribution in [3.8, 4) is 0 Å². The van der Waals surface area contributed by atoms with Gasteiger partial charge < -0.3 is 16.4 Å². The van der Waals surface area contributed by atoms with Gasteiger partial charge in [-0.25, -0.2) is 4.79 Å². The monoisotopic (exact) mass is 257 g/mol. The van der Waals surface area contributed by atoms with Gasteiger partial charge in [0.25, 0.3) is 0 Å². The van der Waals surface area contributed by atoms with E-state index in [4.69, 9.17) is 5.73 Å². The van der Waals surface area contributed by atoms with Crippen LogP contribution in [0.25, 0.3) is 0 Å². The molecule has 18 heavy (non-hydrogen) atoms. The number of urea groups is 1. The number of amides is 3. The highest BCUT2D eigenvalue weighted by Crippen LogP contribution is 2.22. The molecule has 0 aliphatic carbocycles. The highest BCUT2D eigenvalue weighted by molar-refractivity contribution is 5.91. The molecule has 0 aromatic rings. The number of nitrogens with one attached hydrogen (secondary N) is 2. The molecule has 0 aliphatic heterocycles. The number of ketones is 1. The molecular weight excluding hydrogens is 234 g/mol. The van der Waals surface area contributed by atoms with Gasteiger partial charge in [0.05, 0.1) is 12.6 Å². The molecule has 0 saturated heterocycles. The Hall–Kier alpha value is -1.59. The average molecular weight is 257 g/mol. The van der Waals surface area contributed by atoms with Gasteiger partial charge in [0, 0.05) is 5.92 Å². The zero-order chi connectivity index (χ0) is 14.5. The van der Waals surface area contributed by atoms with Gasteiger partial charge in [0.1, 0.15) is 0 Å². The van der Waals surface area contributed by atoms with Gasteiger partial charge >= 0.3 is 6.03 Å². The number of hydrogen-bond acceptors (Lipinski definition) is 3. The van der Waals surface area contributed by atoms with E-state index in [9.17, 15) is 14.4 Å². The van der Waals surface area contributed by atoms with Crippen molar-refractivity contribution in [2.24, 2.45) is 17.1 Å². The molecule has 3 amide bonds. The first-order chi connectivity index (χ1) is 8.05. The Labute approximate surface area is 108 Å². The minimum Gasteiger partial charge on any atom is -0.368 e. The molecule has 1 unspecified atom stereocenters. The van der Waals surface area contributed by atoms with Crippen molar-refractivity contribution < 1.29 is 14.4 Å². The highest BCUT2D eigenvalue weighted by Gasteiger charge is 2.33. The second kappa shape index (κ2) is 6.37. The molecule has 0 spiro atoms. The van der Waals surface area contributed by atoms with Crippen LogP contribution >= 0.6 is 0 Å². The summed E-state index contributed by atoms with van der Waals surface area (Å²) in [4.78, 5) is 34.1. The van der Waals surface area contributed by atoms with Crippen molar-refractivity contribution in [2.45, 2.75) is 40.7 Å². The first-order valence-electron chi connectivity index (χ1n) is 5.92. The van der Waals surface area contributed by atoms with Gasteiger partial charge in [-0.15, -0.1) is 0 Å². The number of rotatable bonds is 5. The first-order valence-corrected chi connectivity index (χ1v) is 5.92. The van der Waals surface area contributed by atoms with Crippen LogP contribution in [0, 0.1) is 11.3 Å². The van der Waals surface area contributed by atoms with Gasteiger partial charge in [-0.3, -0.25) is 9.59 Å².